The van der Waals surface area contributed by atoms with Crippen LogP contribution in [0.25, 0.3) is 0 Å². The number of thiazole rings is 1. The zero-order chi connectivity index (χ0) is 19.4. The predicted molar refractivity (Wildman–Crippen MR) is 92.8 cm³/mol. The summed E-state index contributed by atoms with van der Waals surface area (Å²) in [6, 6.07) is 8.74. The van der Waals surface area contributed by atoms with Crippen molar-refractivity contribution in [3.63, 3.8) is 0 Å². The molecular weight excluding hydrogens is 386 g/mol. The quantitative estimate of drug-likeness (QED) is 0.574. The summed E-state index contributed by atoms with van der Waals surface area (Å²) in [6.07, 6.45) is 0. The Morgan fingerprint density at radius 2 is 1.74 bits per heavy atom. The monoisotopic (exact) mass is 397 g/mol. The van der Waals surface area contributed by atoms with Gasteiger partial charge < -0.3 is 15.4 Å². The molecule has 5 nitrogen and oxygen atoms in total. The highest BCUT2D eigenvalue weighted by Crippen LogP contribution is 2.24. The molecule has 140 valence electrons. The lowest BCUT2D eigenvalue weighted by molar-refractivity contribution is -0.0498. The Kier molecular flexibility index (Phi) is 5.55. The lowest BCUT2D eigenvalue weighted by Gasteiger charge is -2.06. The third-order valence-electron chi connectivity index (χ3n) is 3.25. The van der Waals surface area contributed by atoms with Crippen LogP contribution in [0.5, 0.6) is 5.75 Å². The van der Waals surface area contributed by atoms with Gasteiger partial charge >= 0.3 is 6.61 Å². The van der Waals surface area contributed by atoms with Crippen LogP contribution in [-0.4, -0.2) is 17.5 Å². The Morgan fingerprint density at radius 3 is 2.41 bits per heavy atom. The fourth-order valence-corrected chi connectivity index (χ4v) is 2.76. The Balaban J connectivity index is 1.63. The first-order chi connectivity index (χ1) is 12.9. The van der Waals surface area contributed by atoms with Crippen molar-refractivity contribution in [1.29, 1.82) is 0 Å². The molecule has 0 bridgehead atoms. The van der Waals surface area contributed by atoms with Gasteiger partial charge in [-0.15, -0.1) is 11.3 Å². The van der Waals surface area contributed by atoms with Gasteiger partial charge in [-0.1, -0.05) is 0 Å². The van der Waals surface area contributed by atoms with Crippen molar-refractivity contribution in [1.82, 2.24) is 4.98 Å². The maximum Gasteiger partial charge on any atom is 0.387 e. The Morgan fingerprint density at radius 1 is 1.04 bits per heavy atom. The van der Waals surface area contributed by atoms with Crippen LogP contribution in [0.1, 0.15) is 10.5 Å². The van der Waals surface area contributed by atoms with Gasteiger partial charge in [0, 0.05) is 22.8 Å². The van der Waals surface area contributed by atoms with E-state index in [0.29, 0.717) is 10.8 Å². The third-order valence-corrected chi connectivity index (χ3v) is 4.00. The van der Waals surface area contributed by atoms with Crippen molar-refractivity contribution < 1.29 is 27.1 Å². The van der Waals surface area contributed by atoms with Crippen molar-refractivity contribution >= 4 is 33.8 Å². The molecule has 0 unspecified atom stereocenters. The lowest BCUT2D eigenvalue weighted by Crippen LogP contribution is -2.12. The smallest absolute Gasteiger partial charge is 0.387 e. The van der Waals surface area contributed by atoms with Crippen LogP contribution in [0.4, 0.5) is 34.1 Å². The molecule has 0 aliphatic carbocycles. The van der Waals surface area contributed by atoms with E-state index in [1.54, 1.807) is 0 Å². The molecule has 2 aromatic carbocycles. The van der Waals surface area contributed by atoms with Gasteiger partial charge in [-0.05, 0) is 36.4 Å². The first kappa shape index (κ1) is 18.6. The second-order valence-corrected chi connectivity index (χ2v) is 6.01. The summed E-state index contributed by atoms with van der Waals surface area (Å²) in [4.78, 5) is 16.2. The van der Waals surface area contributed by atoms with Gasteiger partial charge in [0.1, 0.15) is 11.4 Å². The van der Waals surface area contributed by atoms with E-state index in [1.807, 2.05) is 0 Å². The second-order valence-electron chi connectivity index (χ2n) is 5.15. The van der Waals surface area contributed by atoms with Crippen LogP contribution in [0, 0.1) is 11.6 Å². The summed E-state index contributed by atoms with van der Waals surface area (Å²) in [7, 11) is 0. The van der Waals surface area contributed by atoms with Crippen LogP contribution >= 0.6 is 11.3 Å². The summed E-state index contributed by atoms with van der Waals surface area (Å²) < 4.78 is 54.6. The maximum absolute atomic E-state index is 13.2. The maximum atomic E-state index is 13.2. The van der Waals surface area contributed by atoms with Crippen LogP contribution in [0.3, 0.4) is 0 Å². The zero-order valence-electron chi connectivity index (χ0n) is 13.4. The fourth-order valence-electron chi connectivity index (χ4n) is 2.05. The van der Waals surface area contributed by atoms with Crippen molar-refractivity contribution in [3.8, 4) is 5.75 Å². The zero-order valence-corrected chi connectivity index (χ0v) is 14.2. The van der Waals surface area contributed by atoms with Gasteiger partial charge in [-0.25, -0.2) is 13.8 Å². The van der Waals surface area contributed by atoms with E-state index in [2.05, 4.69) is 20.4 Å². The molecule has 0 fully saturated rings. The minimum atomic E-state index is -2.90. The van der Waals surface area contributed by atoms with Gasteiger partial charge in [0.15, 0.2) is 16.8 Å². The number of amides is 1. The lowest BCUT2D eigenvalue weighted by atomic mass is 10.3. The molecule has 10 heteroatoms. The number of alkyl halides is 2. The number of rotatable bonds is 6. The van der Waals surface area contributed by atoms with Crippen LogP contribution < -0.4 is 15.4 Å². The van der Waals surface area contributed by atoms with E-state index in [-0.39, 0.29) is 17.1 Å². The van der Waals surface area contributed by atoms with Gasteiger partial charge in [0.05, 0.1) is 0 Å². The summed E-state index contributed by atoms with van der Waals surface area (Å²) in [6.45, 7) is -2.90. The van der Waals surface area contributed by atoms with Crippen molar-refractivity contribution in [2.75, 3.05) is 10.6 Å². The average Bonchev–Trinajstić information content (AvgIpc) is 3.08. The molecule has 0 spiro atoms. The van der Waals surface area contributed by atoms with E-state index in [1.165, 1.54) is 35.7 Å². The van der Waals surface area contributed by atoms with E-state index >= 15 is 0 Å². The number of ether oxygens (including phenoxy) is 1. The van der Waals surface area contributed by atoms with Crippen LogP contribution in [0.2, 0.25) is 0 Å². The second kappa shape index (κ2) is 8.04. The molecule has 0 radical (unpaired) electrons. The summed E-state index contributed by atoms with van der Waals surface area (Å²) in [5, 5.41) is 7.19. The Bertz CT molecular complexity index is 948. The minimum Gasteiger partial charge on any atom is -0.435 e. The molecule has 3 rings (SSSR count). The highest BCUT2D eigenvalue weighted by atomic mass is 32.1. The fraction of sp³-hybridized carbons (Fsp3) is 0.0588. The normalized spacial score (nSPS) is 10.7. The van der Waals surface area contributed by atoms with Crippen LogP contribution in [-0.2, 0) is 0 Å². The minimum absolute atomic E-state index is 0.0151. The van der Waals surface area contributed by atoms with Crippen molar-refractivity contribution in [2.24, 2.45) is 0 Å². The third kappa shape index (κ3) is 4.94. The number of benzene rings is 2. The van der Waals surface area contributed by atoms with Crippen LogP contribution in [0.15, 0.2) is 47.8 Å². The summed E-state index contributed by atoms with van der Waals surface area (Å²) >= 11 is 1.14. The number of nitrogens with zero attached hydrogens (tertiary/aromatic N) is 1. The average molecular weight is 397 g/mol. The number of nitrogens with one attached hydrogen (secondary N) is 2. The number of carbonyl (C=O) groups excluding carboxylic acids is 1. The molecule has 0 atom stereocenters. The molecule has 1 heterocycles. The van der Waals surface area contributed by atoms with E-state index in [4.69, 9.17) is 0 Å². The summed E-state index contributed by atoms with van der Waals surface area (Å²) in [5.74, 6) is -2.67. The molecular formula is C17H11F4N3O2S. The molecule has 0 aliphatic heterocycles. The van der Waals surface area contributed by atoms with E-state index in [0.717, 1.165) is 23.5 Å². The molecule has 2 N–H and O–H groups in total. The largest absolute Gasteiger partial charge is 0.435 e. The molecule has 3 aromatic rings. The standard InChI is InChI=1S/C17H11F4N3O2S/c18-12-6-3-10(7-13(12)19)22-15(25)14-8-27-17(24-14)23-9-1-4-11(5-2-9)26-16(20)21/h1-8,16H,(H,22,25)(H,23,24). The van der Waals surface area contributed by atoms with Crippen molar-refractivity contribution in [2.45, 2.75) is 6.61 Å². The Labute approximate surface area is 154 Å². The van der Waals surface area contributed by atoms with Gasteiger partial charge in [-0.2, -0.15) is 8.78 Å². The molecule has 0 saturated carbocycles. The first-order valence-corrected chi connectivity index (χ1v) is 8.32. The number of hydrogen-bond donors (Lipinski definition) is 2. The number of carbonyl (C=O) groups is 1. The molecule has 0 aliphatic rings. The molecule has 1 amide bonds. The molecule has 0 saturated heterocycles. The van der Waals surface area contributed by atoms with E-state index < -0.39 is 24.2 Å². The molecule has 27 heavy (non-hydrogen) atoms. The number of anilines is 3. The highest BCUT2D eigenvalue weighted by molar-refractivity contribution is 7.14. The number of halogens is 4. The summed E-state index contributed by atoms with van der Waals surface area (Å²) in [5.41, 5.74) is 0.722. The number of aromatic nitrogens is 1. The van der Waals surface area contributed by atoms with E-state index in [9.17, 15) is 22.4 Å². The Hall–Kier alpha value is -3.14. The van der Waals surface area contributed by atoms with Crippen molar-refractivity contribution in [3.05, 3.63) is 65.2 Å². The topological polar surface area (TPSA) is 63.2 Å². The SMILES string of the molecule is O=C(Nc1ccc(F)c(F)c1)c1csc(Nc2ccc(OC(F)F)cc2)n1. The van der Waals surface area contributed by atoms with Gasteiger partial charge in [-0.3, -0.25) is 4.79 Å². The molecule has 1 aromatic heterocycles. The predicted octanol–water partition coefficient (Wildman–Crippen LogP) is 5.02. The number of hydrogen-bond acceptors (Lipinski definition) is 5. The van der Waals surface area contributed by atoms with Gasteiger partial charge in [0.2, 0.25) is 0 Å². The highest BCUT2D eigenvalue weighted by Gasteiger charge is 2.13. The van der Waals surface area contributed by atoms with Gasteiger partial charge in [0.25, 0.3) is 5.91 Å². The first-order valence-electron chi connectivity index (χ1n) is 7.44.